The Morgan fingerprint density at radius 3 is 2.79 bits per heavy atom. The number of benzene rings is 2. The zero-order valence-corrected chi connectivity index (χ0v) is 15.3. The summed E-state index contributed by atoms with van der Waals surface area (Å²) in [5.74, 6) is 0.685. The third kappa shape index (κ3) is 2.17. The van der Waals surface area contributed by atoms with Gasteiger partial charge in [0, 0.05) is 20.6 Å². The molecule has 7 heteroatoms. The van der Waals surface area contributed by atoms with E-state index in [1.165, 1.54) is 0 Å². The van der Waals surface area contributed by atoms with Crippen LogP contribution in [0.1, 0.15) is 5.69 Å². The van der Waals surface area contributed by atoms with Crippen molar-refractivity contribution in [2.24, 2.45) is 0 Å². The van der Waals surface area contributed by atoms with Crippen molar-refractivity contribution >= 4 is 44.2 Å². The molecule has 0 bridgehead atoms. The molecular formula is C17H12BrClN4O. The lowest BCUT2D eigenvalue weighted by Crippen LogP contribution is -2.00. The predicted octanol–water partition coefficient (Wildman–Crippen LogP) is 4.68. The Morgan fingerprint density at radius 1 is 1.25 bits per heavy atom. The number of fused-ring (bicyclic) bond motifs is 3. The molecule has 2 aromatic carbocycles. The van der Waals surface area contributed by atoms with E-state index in [1.807, 2.05) is 41.7 Å². The van der Waals surface area contributed by atoms with E-state index < -0.39 is 0 Å². The van der Waals surface area contributed by atoms with Crippen LogP contribution in [0.25, 0.3) is 27.8 Å². The summed E-state index contributed by atoms with van der Waals surface area (Å²) in [6, 6.07) is 9.61. The van der Waals surface area contributed by atoms with Gasteiger partial charge >= 0.3 is 0 Å². The SMILES string of the molecule is COc1cc(Br)c(-c2ccccc2Cl)c2nc(C)c3nncn3c12. The van der Waals surface area contributed by atoms with Gasteiger partial charge in [-0.3, -0.25) is 4.40 Å². The average molecular weight is 404 g/mol. The molecule has 0 fully saturated rings. The van der Waals surface area contributed by atoms with Gasteiger partial charge in [0.05, 0.1) is 12.8 Å². The number of aromatic nitrogens is 4. The van der Waals surface area contributed by atoms with Gasteiger partial charge in [0.1, 0.15) is 23.1 Å². The number of aryl methyl sites for hydroxylation is 1. The summed E-state index contributed by atoms with van der Waals surface area (Å²) in [5, 5.41) is 8.81. The number of ether oxygens (including phenoxy) is 1. The highest BCUT2D eigenvalue weighted by Gasteiger charge is 2.20. The van der Waals surface area contributed by atoms with Crippen molar-refractivity contribution in [3.63, 3.8) is 0 Å². The molecule has 0 atom stereocenters. The molecule has 120 valence electrons. The van der Waals surface area contributed by atoms with Gasteiger partial charge in [-0.25, -0.2) is 4.98 Å². The molecule has 2 heterocycles. The minimum atomic E-state index is 0.660. The zero-order valence-electron chi connectivity index (χ0n) is 12.9. The van der Waals surface area contributed by atoms with Crippen LogP contribution in [0.2, 0.25) is 5.02 Å². The molecule has 24 heavy (non-hydrogen) atoms. The normalized spacial score (nSPS) is 11.3. The molecule has 5 nitrogen and oxygen atoms in total. The summed E-state index contributed by atoms with van der Waals surface area (Å²) >= 11 is 10.1. The highest BCUT2D eigenvalue weighted by molar-refractivity contribution is 9.10. The lowest BCUT2D eigenvalue weighted by Gasteiger charge is -2.15. The largest absolute Gasteiger partial charge is 0.494 e. The van der Waals surface area contributed by atoms with Crippen molar-refractivity contribution in [1.29, 1.82) is 0 Å². The summed E-state index contributed by atoms with van der Waals surface area (Å²) in [6.07, 6.45) is 1.67. The van der Waals surface area contributed by atoms with Crippen molar-refractivity contribution in [3.05, 3.63) is 51.8 Å². The van der Waals surface area contributed by atoms with Crippen molar-refractivity contribution < 1.29 is 4.74 Å². The van der Waals surface area contributed by atoms with Crippen LogP contribution in [0.5, 0.6) is 5.75 Å². The summed E-state index contributed by atoms with van der Waals surface area (Å²) in [5.41, 5.74) is 4.88. The second-order valence-electron chi connectivity index (χ2n) is 5.33. The van der Waals surface area contributed by atoms with Crippen LogP contribution in [0, 0.1) is 6.92 Å². The van der Waals surface area contributed by atoms with E-state index in [0.717, 1.165) is 32.3 Å². The standard InChI is InChI=1S/C17H12BrClN4O/c1-9-17-22-20-8-23(17)16-13(24-2)7-11(18)14(15(16)21-9)10-5-3-4-6-12(10)19/h3-8H,1-2H3. The Bertz CT molecular complexity index is 1090. The lowest BCUT2D eigenvalue weighted by molar-refractivity contribution is 0.418. The minimum Gasteiger partial charge on any atom is -0.494 e. The molecule has 0 aliphatic heterocycles. The van der Waals surface area contributed by atoms with Crippen LogP contribution in [-0.2, 0) is 0 Å². The average Bonchev–Trinajstić information content (AvgIpc) is 3.05. The first-order valence-electron chi connectivity index (χ1n) is 7.23. The number of methoxy groups -OCH3 is 1. The third-order valence-electron chi connectivity index (χ3n) is 3.95. The second kappa shape index (κ2) is 5.72. The number of rotatable bonds is 2. The van der Waals surface area contributed by atoms with Gasteiger partial charge in [-0.2, -0.15) is 0 Å². The van der Waals surface area contributed by atoms with E-state index in [-0.39, 0.29) is 0 Å². The van der Waals surface area contributed by atoms with Gasteiger partial charge in [0.15, 0.2) is 5.65 Å². The minimum absolute atomic E-state index is 0.660. The topological polar surface area (TPSA) is 52.3 Å². The molecule has 0 saturated heterocycles. The van der Waals surface area contributed by atoms with E-state index in [1.54, 1.807) is 13.4 Å². The van der Waals surface area contributed by atoms with Crippen molar-refractivity contribution in [1.82, 2.24) is 19.6 Å². The maximum absolute atomic E-state index is 6.43. The predicted molar refractivity (Wildman–Crippen MR) is 97.7 cm³/mol. The number of nitrogens with zero attached hydrogens (tertiary/aromatic N) is 4. The van der Waals surface area contributed by atoms with Gasteiger partial charge in [0.25, 0.3) is 0 Å². The van der Waals surface area contributed by atoms with Gasteiger partial charge in [0.2, 0.25) is 0 Å². The van der Waals surface area contributed by atoms with E-state index >= 15 is 0 Å². The van der Waals surface area contributed by atoms with Crippen molar-refractivity contribution in [3.8, 4) is 16.9 Å². The molecule has 0 aliphatic rings. The molecule has 0 amide bonds. The molecule has 0 saturated carbocycles. The van der Waals surface area contributed by atoms with Crippen LogP contribution in [-0.4, -0.2) is 26.7 Å². The summed E-state index contributed by atoms with van der Waals surface area (Å²) < 4.78 is 8.32. The quantitative estimate of drug-likeness (QED) is 0.488. The van der Waals surface area contributed by atoms with Crippen LogP contribution in [0.15, 0.2) is 41.1 Å². The van der Waals surface area contributed by atoms with E-state index in [4.69, 9.17) is 21.3 Å². The maximum Gasteiger partial charge on any atom is 0.182 e. The number of hydrogen-bond donors (Lipinski definition) is 0. The lowest BCUT2D eigenvalue weighted by atomic mass is 10.0. The molecule has 0 radical (unpaired) electrons. The molecule has 2 aromatic heterocycles. The summed E-state index contributed by atoms with van der Waals surface area (Å²) in [4.78, 5) is 4.77. The van der Waals surface area contributed by atoms with Gasteiger partial charge in [-0.05, 0) is 35.0 Å². The smallest absolute Gasteiger partial charge is 0.182 e. The Kier molecular flexibility index (Phi) is 3.66. The third-order valence-corrected chi connectivity index (χ3v) is 4.90. The Hall–Kier alpha value is -2.18. The molecular weight excluding hydrogens is 392 g/mol. The fourth-order valence-corrected chi connectivity index (χ4v) is 3.72. The molecule has 4 rings (SSSR count). The Labute approximate surface area is 151 Å². The molecule has 0 spiro atoms. The second-order valence-corrected chi connectivity index (χ2v) is 6.60. The first-order valence-corrected chi connectivity index (χ1v) is 8.40. The van der Waals surface area contributed by atoms with Crippen molar-refractivity contribution in [2.45, 2.75) is 6.92 Å². The Balaban J connectivity index is 2.25. The summed E-state index contributed by atoms with van der Waals surface area (Å²) in [6.45, 7) is 1.91. The van der Waals surface area contributed by atoms with Gasteiger partial charge in [-0.1, -0.05) is 29.8 Å². The maximum atomic E-state index is 6.43. The first kappa shape index (κ1) is 15.4. The van der Waals surface area contributed by atoms with Crippen LogP contribution in [0.3, 0.4) is 0 Å². The van der Waals surface area contributed by atoms with Gasteiger partial charge < -0.3 is 4.74 Å². The number of halogens is 2. The fraction of sp³-hybridized carbons (Fsp3) is 0.118. The zero-order chi connectivity index (χ0) is 16.8. The molecule has 0 N–H and O–H groups in total. The molecule has 0 unspecified atom stereocenters. The Morgan fingerprint density at radius 2 is 2.04 bits per heavy atom. The van der Waals surface area contributed by atoms with E-state index in [0.29, 0.717) is 16.4 Å². The van der Waals surface area contributed by atoms with E-state index in [9.17, 15) is 0 Å². The van der Waals surface area contributed by atoms with Crippen LogP contribution in [0.4, 0.5) is 0 Å². The van der Waals surface area contributed by atoms with Crippen LogP contribution < -0.4 is 4.74 Å². The summed E-state index contributed by atoms with van der Waals surface area (Å²) in [7, 11) is 1.63. The van der Waals surface area contributed by atoms with E-state index in [2.05, 4.69) is 26.1 Å². The van der Waals surface area contributed by atoms with Crippen LogP contribution >= 0.6 is 27.5 Å². The van der Waals surface area contributed by atoms with Crippen molar-refractivity contribution in [2.75, 3.05) is 7.11 Å². The van der Waals surface area contributed by atoms with Gasteiger partial charge in [-0.15, -0.1) is 10.2 Å². The highest BCUT2D eigenvalue weighted by atomic mass is 79.9. The number of hydrogen-bond acceptors (Lipinski definition) is 4. The molecule has 4 aromatic rings. The fourth-order valence-electron chi connectivity index (χ4n) is 2.88. The highest BCUT2D eigenvalue weighted by Crippen LogP contribution is 2.42. The monoisotopic (exact) mass is 402 g/mol. The first-order chi connectivity index (χ1) is 11.6. The molecule has 0 aliphatic carbocycles.